The van der Waals surface area contributed by atoms with E-state index in [1.807, 2.05) is 0 Å². The van der Waals surface area contributed by atoms with Crippen LogP contribution in [-0.2, 0) is 0 Å². The van der Waals surface area contributed by atoms with Crippen LogP contribution in [0.3, 0.4) is 0 Å². The SMILES string of the molecule is C=CCNC(=O)Nc1ccc(NC(=O)c2cc(Br)c[nH]2)cc1. The molecule has 22 heavy (non-hydrogen) atoms. The number of hydrogen-bond donors (Lipinski definition) is 4. The molecule has 1 aromatic heterocycles. The second-order valence-corrected chi connectivity index (χ2v) is 5.30. The Bertz CT molecular complexity index is 679. The maximum absolute atomic E-state index is 12.0. The van der Waals surface area contributed by atoms with E-state index in [1.165, 1.54) is 0 Å². The first-order chi connectivity index (χ1) is 10.6. The number of carbonyl (C=O) groups is 2. The summed E-state index contributed by atoms with van der Waals surface area (Å²) < 4.78 is 0.808. The molecule has 0 radical (unpaired) electrons. The molecule has 6 nitrogen and oxygen atoms in total. The average Bonchev–Trinajstić information content (AvgIpc) is 2.94. The van der Waals surface area contributed by atoms with Gasteiger partial charge in [-0.05, 0) is 46.3 Å². The van der Waals surface area contributed by atoms with Gasteiger partial charge in [-0.25, -0.2) is 4.79 Å². The quantitative estimate of drug-likeness (QED) is 0.614. The number of carbonyl (C=O) groups excluding carboxylic acids is 2. The molecule has 0 saturated carbocycles. The van der Waals surface area contributed by atoms with Crippen LogP contribution in [0.5, 0.6) is 0 Å². The molecule has 0 spiro atoms. The number of benzene rings is 1. The van der Waals surface area contributed by atoms with Gasteiger partial charge in [-0.1, -0.05) is 6.08 Å². The number of anilines is 2. The van der Waals surface area contributed by atoms with E-state index in [2.05, 4.69) is 43.4 Å². The first-order valence-electron chi connectivity index (χ1n) is 6.49. The van der Waals surface area contributed by atoms with Gasteiger partial charge in [0.15, 0.2) is 0 Å². The van der Waals surface area contributed by atoms with Crippen LogP contribution < -0.4 is 16.0 Å². The Morgan fingerprint density at radius 3 is 2.36 bits per heavy atom. The third kappa shape index (κ3) is 4.49. The molecule has 1 aromatic carbocycles. The van der Waals surface area contributed by atoms with E-state index >= 15 is 0 Å². The van der Waals surface area contributed by atoms with Gasteiger partial charge < -0.3 is 20.9 Å². The van der Waals surface area contributed by atoms with Crippen molar-refractivity contribution in [1.29, 1.82) is 0 Å². The van der Waals surface area contributed by atoms with Crippen LogP contribution in [0, 0.1) is 0 Å². The van der Waals surface area contributed by atoms with Crippen molar-refractivity contribution < 1.29 is 9.59 Å². The van der Waals surface area contributed by atoms with Crippen molar-refractivity contribution in [2.45, 2.75) is 0 Å². The summed E-state index contributed by atoms with van der Waals surface area (Å²) >= 11 is 3.27. The predicted molar refractivity (Wildman–Crippen MR) is 90.1 cm³/mol. The lowest BCUT2D eigenvalue weighted by molar-refractivity contribution is 0.102. The van der Waals surface area contributed by atoms with Gasteiger partial charge in [0.2, 0.25) is 0 Å². The second kappa shape index (κ2) is 7.46. The van der Waals surface area contributed by atoms with Crippen LogP contribution in [-0.4, -0.2) is 23.5 Å². The summed E-state index contributed by atoms with van der Waals surface area (Å²) in [7, 11) is 0. The zero-order valence-corrected chi connectivity index (χ0v) is 13.2. The van der Waals surface area contributed by atoms with Crippen LogP contribution in [0.2, 0.25) is 0 Å². The molecule has 0 aliphatic rings. The highest BCUT2D eigenvalue weighted by atomic mass is 79.9. The van der Waals surface area contributed by atoms with Crippen LogP contribution in [0.1, 0.15) is 10.5 Å². The molecule has 0 atom stereocenters. The van der Waals surface area contributed by atoms with Crippen molar-refractivity contribution in [1.82, 2.24) is 10.3 Å². The molecule has 0 saturated heterocycles. The van der Waals surface area contributed by atoms with Gasteiger partial charge in [0.1, 0.15) is 5.69 Å². The van der Waals surface area contributed by atoms with E-state index in [0.717, 1.165) is 4.47 Å². The Morgan fingerprint density at radius 2 is 1.82 bits per heavy atom. The van der Waals surface area contributed by atoms with Crippen molar-refractivity contribution in [2.75, 3.05) is 17.2 Å². The molecule has 2 rings (SSSR count). The first kappa shape index (κ1) is 15.8. The fourth-order valence-electron chi connectivity index (χ4n) is 1.67. The number of halogens is 1. The number of nitrogens with one attached hydrogen (secondary N) is 4. The molecule has 114 valence electrons. The van der Waals surface area contributed by atoms with Crippen LogP contribution in [0.15, 0.2) is 53.7 Å². The molecule has 0 unspecified atom stereocenters. The van der Waals surface area contributed by atoms with E-state index in [1.54, 1.807) is 42.6 Å². The Kier molecular flexibility index (Phi) is 5.37. The molecule has 4 N–H and O–H groups in total. The van der Waals surface area contributed by atoms with Crippen molar-refractivity contribution in [3.63, 3.8) is 0 Å². The van der Waals surface area contributed by atoms with E-state index in [9.17, 15) is 9.59 Å². The molecule has 1 heterocycles. The third-order valence-electron chi connectivity index (χ3n) is 2.70. The van der Waals surface area contributed by atoms with Gasteiger partial charge in [-0.3, -0.25) is 4.79 Å². The molecule has 2 aromatic rings. The minimum absolute atomic E-state index is 0.241. The molecule has 7 heteroatoms. The maximum atomic E-state index is 12.0. The molecular formula is C15H15BrN4O2. The van der Waals surface area contributed by atoms with Crippen LogP contribution in [0.25, 0.3) is 0 Å². The van der Waals surface area contributed by atoms with Gasteiger partial charge in [-0.15, -0.1) is 6.58 Å². The summed E-state index contributed by atoms with van der Waals surface area (Å²) in [4.78, 5) is 26.3. The zero-order valence-electron chi connectivity index (χ0n) is 11.7. The second-order valence-electron chi connectivity index (χ2n) is 4.39. The lowest BCUT2D eigenvalue weighted by Crippen LogP contribution is -2.28. The Morgan fingerprint density at radius 1 is 1.18 bits per heavy atom. The highest BCUT2D eigenvalue weighted by Crippen LogP contribution is 2.16. The number of H-pyrrole nitrogens is 1. The van der Waals surface area contributed by atoms with E-state index < -0.39 is 0 Å². The Balaban J connectivity index is 1.93. The zero-order chi connectivity index (χ0) is 15.9. The number of rotatable bonds is 5. The third-order valence-corrected chi connectivity index (χ3v) is 3.16. The van der Waals surface area contributed by atoms with Crippen molar-refractivity contribution >= 4 is 39.2 Å². The molecule has 0 aliphatic carbocycles. The minimum atomic E-state index is -0.312. The van der Waals surface area contributed by atoms with Gasteiger partial charge in [0.25, 0.3) is 5.91 Å². The number of hydrogen-bond acceptors (Lipinski definition) is 2. The maximum Gasteiger partial charge on any atom is 0.319 e. The largest absolute Gasteiger partial charge is 0.356 e. The van der Waals surface area contributed by atoms with Gasteiger partial charge in [0.05, 0.1) is 0 Å². The van der Waals surface area contributed by atoms with E-state index in [-0.39, 0.29) is 11.9 Å². The van der Waals surface area contributed by atoms with E-state index in [4.69, 9.17) is 0 Å². The monoisotopic (exact) mass is 362 g/mol. The van der Waals surface area contributed by atoms with Gasteiger partial charge in [-0.2, -0.15) is 0 Å². The van der Waals surface area contributed by atoms with E-state index in [0.29, 0.717) is 23.6 Å². The Hall–Kier alpha value is -2.54. The predicted octanol–water partition coefficient (Wildman–Crippen LogP) is 3.34. The number of urea groups is 1. The fourth-order valence-corrected chi connectivity index (χ4v) is 2.02. The summed E-state index contributed by atoms with van der Waals surface area (Å²) in [6.07, 6.45) is 3.28. The lowest BCUT2D eigenvalue weighted by atomic mass is 10.2. The van der Waals surface area contributed by atoms with Gasteiger partial charge in [0, 0.05) is 28.6 Å². The molecular weight excluding hydrogens is 348 g/mol. The molecule has 3 amide bonds. The normalized spacial score (nSPS) is 9.86. The first-order valence-corrected chi connectivity index (χ1v) is 7.29. The molecule has 0 bridgehead atoms. The van der Waals surface area contributed by atoms with Crippen molar-refractivity contribution in [2.24, 2.45) is 0 Å². The Labute approximate surface area is 136 Å². The summed E-state index contributed by atoms with van der Waals surface area (Å²) in [6.45, 7) is 3.91. The van der Waals surface area contributed by atoms with Crippen molar-refractivity contribution in [3.8, 4) is 0 Å². The van der Waals surface area contributed by atoms with Crippen molar-refractivity contribution in [3.05, 3.63) is 59.4 Å². The lowest BCUT2D eigenvalue weighted by Gasteiger charge is -2.08. The summed E-state index contributed by atoms with van der Waals surface area (Å²) in [5, 5.41) is 8.03. The summed E-state index contributed by atoms with van der Waals surface area (Å²) in [5.41, 5.74) is 1.72. The number of amides is 3. The van der Waals surface area contributed by atoms with Crippen LogP contribution >= 0.6 is 15.9 Å². The summed E-state index contributed by atoms with van der Waals surface area (Å²) in [5.74, 6) is -0.241. The summed E-state index contributed by atoms with van der Waals surface area (Å²) in [6, 6.07) is 8.20. The fraction of sp³-hybridized carbons (Fsp3) is 0.0667. The highest BCUT2D eigenvalue weighted by Gasteiger charge is 2.08. The smallest absolute Gasteiger partial charge is 0.319 e. The van der Waals surface area contributed by atoms with Crippen LogP contribution in [0.4, 0.5) is 16.2 Å². The topological polar surface area (TPSA) is 86.0 Å². The number of aromatic amines is 1. The molecule has 0 fully saturated rings. The average molecular weight is 363 g/mol. The van der Waals surface area contributed by atoms with Gasteiger partial charge >= 0.3 is 6.03 Å². The highest BCUT2D eigenvalue weighted by molar-refractivity contribution is 9.10. The minimum Gasteiger partial charge on any atom is -0.356 e. The molecule has 0 aliphatic heterocycles. The number of aromatic nitrogens is 1. The standard InChI is InChI=1S/C15H15BrN4O2/c1-2-7-17-15(22)20-12-5-3-11(4-6-12)19-14(21)13-8-10(16)9-18-13/h2-6,8-9,18H,1,7H2,(H,19,21)(H2,17,20,22).